The molecular weight excluding hydrogens is 314 g/mol. The molecule has 0 radical (unpaired) electrons. The average molecular weight is 330 g/mol. The van der Waals surface area contributed by atoms with Crippen LogP contribution < -0.4 is 9.86 Å². The van der Waals surface area contributed by atoms with E-state index in [4.69, 9.17) is 16.7 Å². The fraction of sp³-hybridized carbons (Fsp3) is 0.231. The van der Waals surface area contributed by atoms with Crippen LogP contribution in [0.25, 0.3) is 0 Å². The van der Waals surface area contributed by atoms with E-state index in [9.17, 15) is 4.79 Å². The first-order valence-electron chi connectivity index (χ1n) is 6.02. The van der Waals surface area contributed by atoms with Crippen LogP contribution >= 0.6 is 33.3 Å². The van der Waals surface area contributed by atoms with Crippen LogP contribution in [0.3, 0.4) is 0 Å². The molecule has 1 aromatic heterocycles. The van der Waals surface area contributed by atoms with Gasteiger partial charge in [-0.05, 0) is 24.6 Å². The van der Waals surface area contributed by atoms with Gasteiger partial charge in [-0.1, -0.05) is 35.0 Å². The molecule has 1 atom stereocenters. The van der Waals surface area contributed by atoms with Gasteiger partial charge in [-0.3, -0.25) is 19.6 Å². The Kier molecular flexibility index (Phi) is 4.70. The zero-order valence-electron chi connectivity index (χ0n) is 11.2. The van der Waals surface area contributed by atoms with Crippen LogP contribution in [-0.2, 0) is 0 Å². The minimum Gasteiger partial charge on any atom is -0.298 e. The number of nitrogens with one attached hydrogen (secondary N) is 1. The topological polar surface area (TPSA) is 68.0 Å². The zero-order chi connectivity index (χ0) is 14.8. The number of aryl methyl sites for hydroxylation is 1. The van der Waals surface area contributed by atoms with Crippen molar-refractivity contribution in [2.24, 2.45) is 5.14 Å². The van der Waals surface area contributed by atoms with Crippen molar-refractivity contribution in [3.63, 3.8) is 0 Å². The van der Waals surface area contributed by atoms with Crippen molar-refractivity contribution < 1.29 is 4.79 Å². The molecule has 3 N–H and O–H groups in total. The molecule has 0 aliphatic heterocycles. The second-order valence-corrected chi connectivity index (χ2v) is 8.41. The molecule has 2 aromatic rings. The van der Waals surface area contributed by atoms with Gasteiger partial charge in [0.25, 0.3) is 5.91 Å². The van der Waals surface area contributed by atoms with Crippen molar-refractivity contribution in [1.29, 1.82) is 0 Å². The van der Waals surface area contributed by atoms with Crippen molar-refractivity contribution >= 4 is 39.2 Å². The molecule has 1 unspecified atom stereocenters. The molecule has 2 rings (SSSR count). The van der Waals surface area contributed by atoms with Crippen LogP contribution in [0, 0.1) is 6.92 Å². The second-order valence-electron chi connectivity index (χ2n) is 4.31. The Labute approximate surface area is 128 Å². The molecule has 0 fully saturated rings. The largest absolute Gasteiger partial charge is 0.298 e. The number of rotatable bonds is 4. The van der Waals surface area contributed by atoms with Crippen LogP contribution in [0.15, 0.2) is 34.8 Å². The summed E-state index contributed by atoms with van der Waals surface area (Å²) < 4.78 is 2.93. The molecule has 0 bridgehead atoms. The lowest BCUT2D eigenvalue weighted by Crippen LogP contribution is -2.34. The van der Waals surface area contributed by atoms with E-state index >= 15 is 0 Å². The molecule has 4 nitrogen and oxygen atoms in total. The number of benzene rings is 1. The highest BCUT2D eigenvalue weighted by atomic mass is 35.5. The first-order chi connectivity index (χ1) is 9.46. The summed E-state index contributed by atoms with van der Waals surface area (Å²) in [7, 11) is -1.98. The number of nitrogens with two attached hydrogens (primary N) is 1. The van der Waals surface area contributed by atoms with E-state index in [1.54, 1.807) is 5.51 Å². The number of amides is 1. The normalized spacial score (nSPS) is 15.4. The highest BCUT2D eigenvalue weighted by Gasteiger charge is 2.25. The number of aromatic nitrogens is 1. The summed E-state index contributed by atoms with van der Waals surface area (Å²) in [5.74, 6) is 0.406. The van der Waals surface area contributed by atoms with Gasteiger partial charge in [-0.2, -0.15) is 0 Å². The molecule has 0 saturated heterocycles. The molecule has 7 heteroatoms. The van der Waals surface area contributed by atoms with E-state index in [1.807, 2.05) is 32.0 Å². The van der Waals surface area contributed by atoms with Crippen molar-refractivity contribution in [1.82, 2.24) is 9.71 Å². The third kappa shape index (κ3) is 3.15. The van der Waals surface area contributed by atoms with Crippen LogP contribution in [0.1, 0.15) is 22.2 Å². The number of carbonyl (C=O) groups is 1. The number of nitrogens with zero attached hydrogens (tertiary/aromatic N) is 1. The van der Waals surface area contributed by atoms with E-state index in [1.165, 1.54) is 17.5 Å². The Hall–Kier alpha value is -1.08. The maximum atomic E-state index is 12.2. The summed E-state index contributed by atoms with van der Waals surface area (Å²) in [6.45, 7) is 3.91. The summed E-state index contributed by atoms with van der Waals surface area (Å²) in [4.78, 5) is 17.4. The molecule has 108 valence electrons. The lowest BCUT2D eigenvalue weighted by atomic mass is 10.2. The van der Waals surface area contributed by atoms with E-state index in [2.05, 4.69) is 9.71 Å². The van der Waals surface area contributed by atoms with Crippen molar-refractivity contribution in [2.45, 2.75) is 18.7 Å². The summed E-state index contributed by atoms with van der Waals surface area (Å²) in [5.41, 5.74) is 2.68. The van der Waals surface area contributed by atoms with E-state index in [-0.39, 0.29) is 5.91 Å². The number of carbonyl (C=O) groups excluding carboxylic acids is 1. The maximum absolute atomic E-state index is 12.2. The molecule has 1 amide bonds. The molecule has 0 aliphatic rings. The summed E-state index contributed by atoms with van der Waals surface area (Å²) in [6, 6.07) is 5.70. The predicted octanol–water partition coefficient (Wildman–Crippen LogP) is 3.51. The molecule has 20 heavy (non-hydrogen) atoms. The number of hydrogen-bond donors (Lipinski definition) is 2. The first kappa shape index (κ1) is 15.3. The van der Waals surface area contributed by atoms with Crippen molar-refractivity contribution in [3.05, 3.63) is 45.4 Å². The van der Waals surface area contributed by atoms with Gasteiger partial charge in [0.1, 0.15) is 4.88 Å². The molecule has 1 aromatic carbocycles. The second kappa shape index (κ2) is 6.13. The Morgan fingerprint density at radius 2 is 2.30 bits per heavy atom. The SMILES string of the molecule is CCS(N)(NC(=O)c1cncs1)c1ccc(C)cc1Cl. The van der Waals surface area contributed by atoms with Crippen LogP contribution in [0.4, 0.5) is 0 Å². The van der Waals surface area contributed by atoms with Gasteiger partial charge >= 0.3 is 0 Å². The molecule has 0 spiro atoms. The highest BCUT2D eigenvalue weighted by molar-refractivity contribution is 8.30. The fourth-order valence-corrected chi connectivity index (χ4v) is 4.68. The van der Waals surface area contributed by atoms with Gasteiger partial charge < -0.3 is 0 Å². The van der Waals surface area contributed by atoms with Crippen molar-refractivity contribution in [2.75, 3.05) is 5.75 Å². The van der Waals surface area contributed by atoms with Crippen LogP contribution in [0.5, 0.6) is 0 Å². The monoisotopic (exact) mass is 329 g/mol. The highest BCUT2D eigenvalue weighted by Crippen LogP contribution is 2.48. The molecule has 0 aliphatic carbocycles. The Bertz CT molecular complexity index is 618. The number of halogens is 1. The minimum absolute atomic E-state index is 0.205. The standard InChI is InChI=1S/C13H16ClN3OS2/c1-3-20(15,12-5-4-9(2)6-10(12)14)17-13(18)11-7-16-8-19-11/h4-8H,3,15H2,1-2H3,(H,17,18). The van der Waals surface area contributed by atoms with Gasteiger partial charge in [-0.15, -0.1) is 11.3 Å². The van der Waals surface area contributed by atoms with E-state index < -0.39 is 10.4 Å². The van der Waals surface area contributed by atoms with Gasteiger partial charge in [0.15, 0.2) is 0 Å². The van der Waals surface area contributed by atoms with Crippen molar-refractivity contribution in [3.8, 4) is 0 Å². The average Bonchev–Trinajstić information content (AvgIpc) is 2.92. The minimum atomic E-state index is -1.98. The van der Waals surface area contributed by atoms with E-state index in [0.29, 0.717) is 15.7 Å². The Morgan fingerprint density at radius 3 is 2.85 bits per heavy atom. The predicted molar refractivity (Wildman–Crippen MR) is 86.4 cm³/mol. The van der Waals surface area contributed by atoms with Crippen LogP contribution in [0.2, 0.25) is 5.02 Å². The number of thiazole rings is 1. The zero-order valence-corrected chi connectivity index (χ0v) is 13.6. The van der Waals surface area contributed by atoms with Gasteiger partial charge in [0.05, 0.1) is 16.7 Å². The van der Waals surface area contributed by atoms with Gasteiger partial charge in [0.2, 0.25) is 0 Å². The van der Waals surface area contributed by atoms with Gasteiger partial charge in [0, 0.05) is 10.6 Å². The van der Waals surface area contributed by atoms with Crippen LogP contribution in [-0.4, -0.2) is 16.6 Å². The number of hydrogen-bond acceptors (Lipinski definition) is 4. The first-order valence-corrected chi connectivity index (χ1v) is 9.14. The fourth-order valence-electron chi connectivity index (χ4n) is 1.73. The third-order valence-electron chi connectivity index (χ3n) is 2.87. The molecular formula is C13H16ClN3OS2. The third-order valence-corrected chi connectivity index (χ3v) is 6.66. The smallest absolute Gasteiger partial charge is 0.272 e. The maximum Gasteiger partial charge on any atom is 0.272 e. The Morgan fingerprint density at radius 1 is 1.55 bits per heavy atom. The quantitative estimate of drug-likeness (QED) is 0.902. The molecule has 1 heterocycles. The summed E-state index contributed by atoms with van der Waals surface area (Å²) in [5, 5.41) is 7.02. The van der Waals surface area contributed by atoms with Gasteiger partial charge in [-0.25, -0.2) is 0 Å². The summed E-state index contributed by atoms with van der Waals surface area (Å²) >= 11 is 7.57. The summed E-state index contributed by atoms with van der Waals surface area (Å²) in [6.07, 6.45) is 1.53. The lowest BCUT2D eigenvalue weighted by Gasteiger charge is -2.36. The Balaban J connectivity index is 2.31. The van der Waals surface area contributed by atoms with E-state index in [0.717, 1.165) is 10.5 Å². The lowest BCUT2D eigenvalue weighted by molar-refractivity contribution is 0.0986. The molecule has 0 saturated carbocycles.